The lowest BCUT2D eigenvalue weighted by molar-refractivity contribution is 0.348. The van der Waals surface area contributed by atoms with Gasteiger partial charge in [-0.1, -0.05) is 36.4 Å². The van der Waals surface area contributed by atoms with Crippen molar-refractivity contribution in [3.05, 3.63) is 58.3 Å². The summed E-state index contributed by atoms with van der Waals surface area (Å²) in [6.45, 7) is 0.425. The van der Waals surface area contributed by atoms with Crippen LogP contribution in [-0.2, 0) is 11.1 Å². The second kappa shape index (κ2) is 5.78. The Morgan fingerprint density at radius 2 is 1.89 bits per heavy atom. The summed E-state index contributed by atoms with van der Waals surface area (Å²) >= 11 is 1.34. The fraction of sp³-hybridized carbons (Fsp3) is 0.167. The summed E-state index contributed by atoms with van der Waals surface area (Å²) in [6, 6.07) is 13.0. The third-order valence-corrected chi connectivity index (χ3v) is 4.74. The quantitative estimate of drug-likeness (QED) is 0.738. The molecule has 3 N–H and O–H groups in total. The molecule has 0 aliphatic rings. The lowest BCUT2D eigenvalue weighted by Crippen LogP contribution is -2.20. The molecule has 0 radical (unpaired) electrons. The zero-order valence-electron chi connectivity index (χ0n) is 9.56. The summed E-state index contributed by atoms with van der Waals surface area (Å²) < 4.78 is 11.5. The van der Waals surface area contributed by atoms with E-state index >= 15 is 0 Å². The average Bonchev–Trinajstić information content (AvgIpc) is 2.82. The summed E-state index contributed by atoms with van der Waals surface area (Å²) in [5, 5.41) is 4.73. The molecule has 0 aliphatic carbocycles. The van der Waals surface area contributed by atoms with Crippen LogP contribution in [0.1, 0.15) is 16.2 Å². The molecule has 18 heavy (non-hydrogen) atoms. The van der Waals surface area contributed by atoms with Gasteiger partial charge in [0.15, 0.2) is 0 Å². The van der Waals surface area contributed by atoms with Gasteiger partial charge in [-0.05, 0) is 17.0 Å². The van der Waals surface area contributed by atoms with E-state index < -0.39 is 13.4 Å². The van der Waals surface area contributed by atoms with Gasteiger partial charge in [0.2, 0.25) is 0 Å². The predicted octanol–water partition coefficient (Wildman–Crippen LogP) is 2.71. The lowest BCUT2D eigenvalue weighted by atomic mass is 10.2. The van der Waals surface area contributed by atoms with Gasteiger partial charge < -0.3 is 9.79 Å². The zero-order chi connectivity index (χ0) is 13.0. The molecule has 96 valence electrons. The first-order valence-electron chi connectivity index (χ1n) is 5.43. The first-order valence-corrected chi connectivity index (χ1v) is 7.99. The number of nitrogens with one attached hydrogen (secondary N) is 1. The first kappa shape index (κ1) is 13.5. The minimum Gasteiger partial charge on any atom is -0.323 e. The molecule has 0 saturated heterocycles. The molecule has 1 atom stereocenters. The van der Waals surface area contributed by atoms with Gasteiger partial charge in [-0.3, -0.25) is 9.88 Å². The number of thiophene rings is 1. The summed E-state index contributed by atoms with van der Waals surface area (Å²) in [6.07, 6.45) is 0. The van der Waals surface area contributed by atoms with Crippen LogP contribution in [0.15, 0.2) is 47.8 Å². The highest BCUT2D eigenvalue weighted by Crippen LogP contribution is 2.51. The van der Waals surface area contributed by atoms with Gasteiger partial charge in [-0.2, -0.15) is 0 Å². The molecule has 1 aromatic carbocycles. The Bertz CT molecular complexity index is 524. The van der Waals surface area contributed by atoms with Crippen molar-refractivity contribution >= 4 is 18.9 Å². The van der Waals surface area contributed by atoms with E-state index in [0.717, 1.165) is 5.56 Å². The van der Waals surface area contributed by atoms with Crippen molar-refractivity contribution in [2.24, 2.45) is 0 Å². The van der Waals surface area contributed by atoms with Gasteiger partial charge in [-0.15, -0.1) is 11.3 Å². The highest BCUT2D eigenvalue weighted by Gasteiger charge is 2.30. The van der Waals surface area contributed by atoms with E-state index in [2.05, 4.69) is 5.32 Å². The van der Waals surface area contributed by atoms with Crippen LogP contribution in [0, 0.1) is 0 Å². The molecule has 0 unspecified atom stereocenters. The summed E-state index contributed by atoms with van der Waals surface area (Å²) in [4.78, 5) is 19.4. The average molecular weight is 283 g/mol. The van der Waals surface area contributed by atoms with Gasteiger partial charge in [0.05, 0.1) is 0 Å². The highest BCUT2D eigenvalue weighted by molar-refractivity contribution is 7.52. The van der Waals surface area contributed by atoms with Crippen molar-refractivity contribution in [3.63, 3.8) is 0 Å². The topological polar surface area (TPSA) is 69.6 Å². The summed E-state index contributed by atoms with van der Waals surface area (Å²) in [5.74, 6) is -0.933. The standard InChI is InChI=1S/C12H14NO3PS/c14-17(15,16)12(11-7-4-8-18-11)13-9-10-5-2-1-3-6-10/h1-8,12-13H,9H2,(H2,14,15,16)/t12-/m0/s1. The number of benzene rings is 1. The Balaban J connectivity index is 2.10. The Hall–Kier alpha value is -0.970. The van der Waals surface area contributed by atoms with Crippen LogP contribution in [0.3, 0.4) is 0 Å². The van der Waals surface area contributed by atoms with Crippen molar-refractivity contribution in [2.45, 2.75) is 12.3 Å². The molecule has 2 aromatic rings. The van der Waals surface area contributed by atoms with Gasteiger partial charge in [-0.25, -0.2) is 0 Å². The lowest BCUT2D eigenvalue weighted by Gasteiger charge is -2.18. The normalized spacial score (nSPS) is 13.4. The van der Waals surface area contributed by atoms with Crippen molar-refractivity contribution in [3.8, 4) is 0 Å². The van der Waals surface area contributed by atoms with E-state index in [1.54, 1.807) is 12.1 Å². The first-order chi connectivity index (χ1) is 8.57. The molecule has 0 aliphatic heterocycles. The Morgan fingerprint density at radius 3 is 2.44 bits per heavy atom. The highest BCUT2D eigenvalue weighted by atomic mass is 32.1. The molecule has 0 saturated carbocycles. The molecule has 4 nitrogen and oxygen atoms in total. The van der Waals surface area contributed by atoms with Crippen LogP contribution < -0.4 is 5.32 Å². The Labute approximate surface area is 109 Å². The van der Waals surface area contributed by atoms with Crippen LogP contribution in [-0.4, -0.2) is 9.79 Å². The Morgan fingerprint density at radius 1 is 1.17 bits per heavy atom. The summed E-state index contributed by atoms with van der Waals surface area (Å²) in [5.41, 5.74) is 0.993. The maximum Gasteiger partial charge on any atom is 0.347 e. The number of hydrogen-bond donors (Lipinski definition) is 3. The minimum atomic E-state index is -4.20. The fourth-order valence-corrected chi connectivity index (χ4v) is 3.67. The maximum absolute atomic E-state index is 11.5. The smallest absolute Gasteiger partial charge is 0.323 e. The fourth-order valence-electron chi connectivity index (χ4n) is 1.64. The van der Waals surface area contributed by atoms with Crippen LogP contribution in [0.2, 0.25) is 0 Å². The van der Waals surface area contributed by atoms with E-state index in [1.165, 1.54) is 11.3 Å². The van der Waals surface area contributed by atoms with Gasteiger partial charge in [0.1, 0.15) is 5.78 Å². The predicted molar refractivity (Wildman–Crippen MR) is 72.4 cm³/mol. The second-order valence-electron chi connectivity index (χ2n) is 3.87. The SMILES string of the molecule is O=P(O)(O)[C@H](NCc1ccccc1)c1cccs1. The van der Waals surface area contributed by atoms with Crippen LogP contribution in [0.4, 0.5) is 0 Å². The zero-order valence-corrected chi connectivity index (χ0v) is 11.3. The molecule has 2 rings (SSSR count). The van der Waals surface area contributed by atoms with Crippen LogP contribution in [0.25, 0.3) is 0 Å². The number of hydrogen-bond acceptors (Lipinski definition) is 3. The summed E-state index contributed by atoms with van der Waals surface area (Å²) in [7, 11) is -4.20. The largest absolute Gasteiger partial charge is 0.347 e. The molecule has 0 amide bonds. The van der Waals surface area contributed by atoms with E-state index in [0.29, 0.717) is 11.4 Å². The third kappa shape index (κ3) is 3.51. The molecular formula is C12H14NO3PS. The van der Waals surface area contributed by atoms with E-state index in [-0.39, 0.29) is 0 Å². The van der Waals surface area contributed by atoms with Crippen molar-refractivity contribution < 1.29 is 14.4 Å². The van der Waals surface area contributed by atoms with E-state index in [4.69, 9.17) is 0 Å². The van der Waals surface area contributed by atoms with Gasteiger partial charge in [0, 0.05) is 11.4 Å². The molecule has 0 fully saturated rings. The molecule has 0 spiro atoms. The molecule has 1 heterocycles. The van der Waals surface area contributed by atoms with Crippen LogP contribution >= 0.6 is 18.9 Å². The monoisotopic (exact) mass is 283 g/mol. The van der Waals surface area contributed by atoms with Crippen molar-refractivity contribution in [1.82, 2.24) is 5.32 Å². The number of rotatable bonds is 5. The van der Waals surface area contributed by atoms with Gasteiger partial charge >= 0.3 is 7.60 Å². The minimum absolute atomic E-state index is 0.425. The maximum atomic E-state index is 11.5. The van der Waals surface area contributed by atoms with Gasteiger partial charge in [0.25, 0.3) is 0 Å². The third-order valence-electron chi connectivity index (χ3n) is 2.49. The molecular weight excluding hydrogens is 269 g/mol. The van der Waals surface area contributed by atoms with E-state index in [1.807, 2.05) is 35.7 Å². The van der Waals surface area contributed by atoms with Crippen LogP contribution in [0.5, 0.6) is 0 Å². The molecule has 0 bridgehead atoms. The second-order valence-corrected chi connectivity index (χ2v) is 6.55. The van der Waals surface area contributed by atoms with Crippen molar-refractivity contribution in [1.29, 1.82) is 0 Å². The molecule has 1 aromatic heterocycles. The molecule has 6 heteroatoms. The van der Waals surface area contributed by atoms with E-state index in [9.17, 15) is 14.4 Å². The van der Waals surface area contributed by atoms with Crippen molar-refractivity contribution in [2.75, 3.05) is 0 Å². The Kier molecular flexibility index (Phi) is 4.32.